The molecule has 0 amide bonds. The first-order valence-corrected chi connectivity index (χ1v) is 5.02. The zero-order valence-electron chi connectivity index (χ0n) is 9.50. The summed E-state index contributed by atoms with van der Waals surface area (Å²) in [6.07, 6.45) is 7.65. The number of aliphatic imine (C=N–C) groups is 1. The van der Waals surface area contributed by atoms with Crippen LogP contribution in [0.1, 0.15) is 41.5 Å². The molecule has 1 heterocycles. The van der Waals surface area contributed by atoms with Gasteiger partial charge in [-0.25, -0.2) is 4.99 Å². The van der Waals surface area contributed by atoms with E-state index in [9.17, 15) is 0 Å². The molecule has 0 bridgehead atoms. The predicted octanol–water partition coefficient (Wildman–Crippen LogP) is 3.74. The molecule has 0 fully saturated rings. The van der Waals surface area contributed by atoms with Gasteiger partial charge in [-0.15, -0.1) is 0 Å². The van der Waals surface area contributed by atoms with Crippen LogP contribution in [-0.2, 0) is 4.74 Å². The van der Waals surface area contributed by atoms with Crippen molar-refractivity contribution in [3.05, 3.63) is 23.8 Å². The van der Waals surface area contributed by atoms with E-state index in [-0.39, 0.29) is 13.0 Å². The Labute approximate surface area is 93.7 Å². The van der Waals surface area contributed by atoms with E-state index in [1.165, 1.54) is 5.57 Å². The molecule has 0 radical (unpaired) electrons. The van der Waals surface area contributed by atoms with Crippen molar-refractivity contribution in [2.45, 2.75) is 47.1 Å². The average molecular weight is 209 g/mol. The smallest absolute Gasteiger partial charge is 0.180 e. The molecule has 15 heavy (non-hydrogen) atoms. The van der Waals surface area contributed by atoms with Crippen molar-refractivity contribution in [3.63, 3.8) is 0 Å². The molecule has 0 aromatic carbocycles. The van der Waals surface area contributed by atoms with Crippen molar-refractivity contribution in [3.8, 4) is 0 Å². The quantitative estimate of drug-likeness (QED) is 0.595. The van der Waals surface area contributed by atoms with Gasteiger partial charge in [0.2, 0.25) is 0 Å². The summed E-state index contributed by atoms with van der Waals surface area (Å²) < 4.78 is 5.12. The third kappa shape index (κ3) is 5.40. The van der Waals surface area contributed by atoms with E-state index >= 15 is 0 Å². The lowest BCUT2D eigenvalue weighted by molar-refractivity contribution is 0.277. The molecule has 2 rings (SSSR count). The molecular weight excluding hydrogens is 186 g/mol. The molecule has 0 atom stereocenters. The van der Waals surface area contributed by atoms with Crippen molar-refractivity contribution < 1.29 is 4.74 Å². The van der Waals surface area contributed by atoms with E-state index in [2.05, 4.69) is 44.0 Å². The lowest BCUT2D eigenvalue weighted by Crippen LogP contribution is -2.17. The number of rotatable bonds is 0. The standard InChI is InChI=1S/C6H11NO.C6H8.CH4/c1-5-7-6(2,3)4-8-5;1-6-4-2-3-5-6;/h4H2,1-3H3;2,4-5H,3H2,1H3;1H4. The van der Waals surface area contributed by atoms with Gasteiger partial charge in [-0.3, -0.25) is 0 Å². The summed E-state index contributed by atoms with van der Waals surface area (Å²) in [6.45, 7) is 8.85. The number of hydrogen-bond acceptors (Lipinski definition) is 2. The average Bonchev–Trinajstić information content (AvgIpc) is 2.62. The molecule has 0 aromatic rings. The Balaban J connectivity index is 0.000000253. The zero-order valence-corrected chi connectivity index (χ0v) is 9.50. The summed E-state index contributed by atoms with van der Waals surface area (Å²) in [5.74, 6) is 0.815. The Bertz CT molecular complexity index is 282. The number of ether oxygens (including phenoxy) is 1. The molecule has 0 N–H and O–H groups in total. The Morgan fingerprint density at radius 3 is 2.13 bits per heavy atom. The fourth-order valence-corrected chi connectivity index (χ4v) is 1.35. The van der Waals surface area contributed by atoms with Gasteiger partial charge in [0.25, 0.3) is 0 Å². The van der Waals surface area contributed by atoms with Gasteiger partial charge >= 0.3 is 0 Å². The molecule has 2 heteroatoms. The lowest BCUT2D eigenvalue weighted by atomic mass is 10.1. The van der Waals surface area contributed by atoms with Crippen LogP contribution in [0.25, 0.3) is 0 Å². The molecule has 86 valence electrons. The van der Waals surface area contributed by atoms with Crippen molar-refractivity contribution >= 4 is 5.90 Å². The SMILES string of the molecule is C.CC1=CCC=C1.CC1=NC(C)(C)CO1. The van der Waals surface area contributed by atoms with Gasteiger partial charge in [0.05, 0.1) is 5.54 Å². The van der Waals surface area contributed by atoms with Gasteiger partial charge in [0.15, 0.2) is 5.90 Å². The second-order valence-corrected chi connectivity index (χ2v) is 4.32. The van der Waals surface area contributed by atoms with Crippen LogP contribution in [0, 0.1) is 0 Å². The Kier molecular flexibility index (Phi) is 5.34. The van der Waals surface area contributed by atoms with Crippen molar-refractivity contribution in [1.82, 2.24) is 0 Å². The van der Waals surface area contributed by atoms with E-state index in [0.717, 1.165) is 18.9 Å². The number of hydrogen-bond donors (Lipinski definition) is 0. The van der Waals surface area contributed by atoms with Crippen LogP contribution in [0.2, 0.25) is 0 Å². The normalized spacial score (nSPS) is 20.5. The molecule has 2 aliphatic rings. The van der Waals surface area contributed by atoms with E-state index < -0.39 is 0 Å². The van der Waals surface area contributed by atoms with Crippen LogP contribution in [-0.4, -0.2) is 18.0 Å². The monoisotopic (exact) mass is 209 g/mol. The Morgan fingerprint density at radius 2 is 2.00 bits per heavy atom. The second kappa shape index (κ2) is 5.74. The van der Waals surface area contributed by atoms with Gasteiger partial charge in [-0.05, 0) is 27.2 Å². The fraction of sp³-hybridized carbons (Fsp3) is 0.615. The van der Waals surface area contributed by atoms with Gasteiger partial charge in [-0.1, -0.05) is 31.2 Å². The molecule has 1 aliphatic carbocycles. The lowest BCUT2D eigenvalue weighted by Gasteiger charge is -2.07. The first-order chi connectivity index (χ1) is 6.49. The Hall–Kier alpha value is -1.05. The number of nitrogens with zero attached hydrogens (tertiary/aromatic N) is 1. The van der Waals surface area contributed by atoms with Crippen LogP contribution < -0.4 is 0 Å². The molecule has 1 aliphatic heterocycles. The fourth-order valence-electron chi connectivity index (χ4n) is 1.35. The van der Waals surface area contributed by atoms with Gasteiger partial charge in [0, 0.05) is 6.92 Å². The summed E-state index contributed by atoms with van der Waals surface area (Å²) in [7, 11) is 0. The highest BCUT2D eigenvalue weighted by Gasteiger charge is 2.23. The van der Waals surface area contributed by atoms with E-state index in [1.54, 1.807) is 0 Å². The van der Waals surface area contributed by atoms with Gasteiger partial charge in [-0.2, -0.15) is 0 Å². The van der Waals surface area contributed by atoms with Crippen LogP contribution >= 0.6 is 0 Å². The number of allylic oxidation sites excluding steroid dienone is 4. The van der Waals surface area contributed by atoms with Gasteiger partial charge in [0.1, 0.15) is 6.61 Å². The molecule has 0 spiro atoms. The van der Waals surface area contributed by atoms with Gasteiger partial charge < -0.3 is 4.74 Å². The summed E-state index contributed by atoms with van der Waals surface area (Å²) in [6, 6.07) is 0. The summed E-state index contributed by atoms with van der Waals surface area (Å²) in [5, 5.41) is 0. The summed E-state index contributed by atoms with van der Waals surface area (Å²) in [4.78, 5) is 4.22. The highest BCUT2D eigenvalue weighted by Crippen LogP contribution is 2.15. The zero-order chi connectivity index (χ0) is 10.6. The minimum Gasteiger partial charge on any atom is -0.479 e. The molecule has 0 unspecified atom stereocenters. The largest absolute Gasteiger partial charge is 0.479 e. The maximum atomic E-state index is 5.12. The maximum absolute atomic E-state index is 5.12. The van der Waals surface area contributed by atoms with Crippen LogP contribution in [0.3, 0.4) is 0 Å². The van der Waals surface area contributed by atoms with E-state index in [0.29, 0.717) is 0 Å². The topological polar surface area (TPSA) is 21.6 Å². The Morgan fingerprint density at radius 1 is 1.33 bits per heavy atom. The van der Waals surface area contributed by atoms with Crippen molar-refractivity contribution in [2.75, 3.05) is 6.61 Å². The van der Waals surface area contributed by atoms with E-state index in [1.807, 2.05) is 6.92 Å². The summed E-state index contributed by atoms with van der Waals surface area (Å²) >= 11 is 0. The third-order valence-electron chi connectivity index (χ3n) is 2.05. The highest BCUT2D eigenvalue weighted by atomic mass is 16.5. The first-order valence-electron chi connectivity index (χ1n) is 5.02. The molecule has 2 nitrogen and oxygen atoms in total. The predicted molar refractivity (Wildman–Crippen MR) is 67.4 cm³/mol. The molecule has 0 aromatic heterocycles. The molecular formula is C13H23NO. The van der Waals surface area contributed by atoms with E-state index in [4.69, 9.17) is 4.74 Å². The molecule has 0 saturated heterocycles. The van der Waals surface area contributed by atoms with Crippen LogP contribution in [0.15, 0.2) is 28.8 Å². The van der Waals surface area contributed by atoms with Crippen molar-refractivity contribution in [2.24, 2.45) is 4.99 Å². The molecule has 0 saturated carbocycles. The maximum Gasteiger partial charge on any atom is 0.180 e. The second-order valence-electron chi connectivity index (χ2n) is 4.32. The minimum absolute atomic E-state index is 0. The third-order valence-corrected chi connectivity index (χ3v) is 2.05. The van der Waals surface area contributed by atoms with Crippen LogP contribution in [0.4, 0.5) is 0 Å². The highest BCUT2D eigenvalue weighted by molar-refractivity contribution is 5.75. The first kappa shape index (κ1) is 13.9. The van der Waals surface area contributed by atoms with Crippen molar-refractivity contribution in [1.29, 1.82) is 0 Å². The summed E-state index contributed by atoms with van der Waals surface area (Å²) in [5.41, 5.74) is 1.43. The minimum atomic E-state index is 0. The van der Waals surface area contributed by atoms with Crippen LogP contribution in [0.5, 0.6) is 0 Å².